The first kappa shape index (κ1) is 13.5. The third-order valence-electron chi connectivity index (χ3n) is 3.38. The first-order valence-corrected chi connectivity index (χ1v) is 7.30. The smallest absolute Gasteiger partial charge is 0.122 e. The van der Waals surface area contributed by atoms with Crippen molar-refractivity contribution >= 4 is 18.1 Å². The molecule has 0 unspecified atom stereocenters. The molecule has 0 amide bonds. The SMILES string of the molecule is C=Cc1cc(C2CCN(OSC)CC2)ccc1O. The lowest BCUT2D eigenvalue weighted by Gasteiger charge is -2.30. The van der Waals surface area contributed by atoms with Gasteiger partial charge in [0.15, 0.2) is 0 Å². The Kier molecular flexibility index (Phi) is 4.69. The second-order valence-electron chi connectivity index (χ2n) is 4.47. The van der Waals surface area contributed by atoms with Crippen LogP contribution in [0.3, 0.4) is 0 Å². The molecule has 1 aliphatic heterocycles. The summed E-state index contributed by atoms with van der Waals surface area (Å²) in [7, 11) is 0. The number of phenols is 1. The standard InChI is InChI=1S/C14H19NO2S/c1-3-11-10-13(4-5-14(11)16)12-6-8-15(9-7-12)17-18-2/h3-5,10,12,16H,1,6-9H2,2H3. The molecule has 3 nitrogen and oxygen atoms in total. The minimum Gasteiger partial charge on any atom is -0.507 e. The molecular formula is C14H19NO2S. The van der Waals surface area contributed by atoms with Crippen molar-refractivity contribution in [3.05, 3.63) is 35.9 Å². The van der Waals surface area contributed by atoms with Crippen molar-refractivity contribution in [2.24, 2.45) is 0 Å². The van der Waals surface area contributed by atoms with Gasteiger partial charge in [-0.3, -0.25) is 0 Å². The van der Waals surface area contributed by atoms with E-state index in [1.807, 2.05) is 23.5 Å². The Labute approximate surface area is 113 Å². The van der Waals surface area contributed by atoms with E-state index in [1.165, 1.54) is 17.6 Å². The van der Waals surface area contributed by atoms with Gasteiger partial charge in [-0.15, -0.1) is 0 Å². The molecule has 1 aliphatic rings. The van der Waals surface area contributed by atoms with Crippen LogP contribution in [-0.4, -0.2) is 29.5 Å². The number of hydrogen-bond acceptors (Lipinski definition) is 4. The number of piperidine rings is 1. The fourth-order valence-corrected chi connectivity index (χ4v) is 2.72. The summed E-state index contributed by atoms with van der Waals surface area (Å²) in [5.41, 5.74) is 2.10. The monoisotopic (exact) mass is 265 g/mol. The van der Waals surface area contributed by atoms with Crippen LogP contribution in [0.25, 0.3) is 6.08 Å². The molecular weight excluding hydrogens is 246 g/mol. The molecule has 0 spiro atoms. The van der Waals surface area contributed by atoms with Crippen molar-refractivity contribution in [2.45, 2.75) is 18.8 Å². The quantitative estimate of drug-likeness (QED) is 0.846. The fraction of sp³-hybridized carbons (Fsp3) is 0.429. The Morgan fingerprint density at radius 1 is 1.44 bits per heavy atom. The van der Waals surface area contributed by atoms with E-state index < -0.39 is 0 Å². The second-order valence-corrected chi connectivity index (χ2v) is 4.95. The summed E-state index contributed by atoms with van der Waals surface area (Å²) in [6.07, 6.45) is 5.80. The highest BCUT2D eigenvalue weighted by Crippen LogP contribution is 2.31. The van der Waals surface area contributed by atoms with E-state index in [2.05, 4.69) is 6.58 Å². The van der Waals surface area contributed by atoms with E-state index in [-0.39, 0.29) is 0 Å². The zero-order valence-electron chi connectivity index (χ0n) is 10.6. The molecule has 0 aromatic heterocycles. The predicted molar refractivity (Wildman–Crippen MR) is 76.3 cm³/mol. The molecule has 1 heterocycles. The summed E-state index contributed by atoms with van der Waals surface area (Å²) in [6, 6.07) is 5.81. The van der Waals surface area contributed by atoms with E-state index >= 15 is 0 Å². The highest BCUT2D eigenvalue weighted by Gasteiger charge is 2.21. The van der Waals surface area contributed by atoms with Gasteiger partial charge in [0.25, 0.3) is 0 Å². The molecule has 98 valence electrons. The van der Waals surface area contributed by atoms with Crippen LogP contribution < -0.4 is 0 Å². The van der Waals surface area contributed by atoms with Crippen LogP contribution in [0.1, 0.15) is 29.9 Å². The lowest BCUT2D eigenvalue weighted by molar-refractivity contribution is -0.0559. The molecule has 1 aromatic carbocycles. The van der Waals surface area contributed by atoms with Crippen molar-refractivity contribution in [1.29, 1.82) is 0 Å². The van der Waals surface area contributed by atoms with Gasteiger partial charge in [0.1, 0.15) is 5.75 Å². The Morgan fingerprint density at radius 2 is 2.17 bits per heavy atom. The molecule has 1 fully saturated rings. The molecule has 0 atom stereocenters. The maximum Gasteiger partial charge on any atom is 0.122 e. The van der Waals surface area contributed by atoms with E-state index in [0.717, 1.165) is 31.5 Å². The maximum atomic E-state index is 9.64. The molecule has 0 aliphatic carbocycles. The summed E-state index contributed by atoms with van der Waals surface area (Å²) in [6.45, 7) is 5.63. The Balaban J connectivity index is 2.03. The fourth-order valence-electron chi connectivity index (χ4n) is 2.36. The van der Waals surface area contributed by atoms with Gasteiger partial charge >= 0.3 is 0 Å². The summed E-state index contributed by atoms with van der Waals surface area (Å²) >= 11 is 1.39. The minimum absolute atomic E-state index is 0.303. The molecule has 1 saturated heterocycles. The molecule has 4 heteroatoms. The van der Waals surface area contributed by atoms with Crippen molar-refractivity contribution < 1.29 is 9.39 Å². The number of hydroxylamine groups is 2. The normalized spacial score (nSPS) is 17.8. The van der Waals surface area contributed by atoms with Gasteiger partial charge in [0.2, 0.25) is 0 Å². The number of hydrogen-bond donors (Lipinski definition) is 1. The molecule has 1 aromatic rings. The van der Waals surface area contributed by atoms with E-state index in [4.69, 9.17) is 4.28 Å². The summed E-state index contributed by atoms with van der Waals surface area (Å²) in [5.74, 6) is 0.850. The maximum absolute atomic E-state index is 9.64. The minimum atomic E-state index is 0.303. The number of phenolic OH excluding ortho intramolecular Hbond substituents is 1. The second kappa shape index (κ2) is 6.27. The van der Waals surface area contributed by atoms with Crippen LogP contribution in [0.4, 0.5) is 0 Å². The number of rotatable bonds is 4. The van der Waals surface area contributed by atoms with Gasteiger partial charge in [-0.2, -0.15) is 5.06 Å². The molecule has 18 heavy (non-hydrogen) atoms. The highest BCUT2D eigenvalue weighted by atomic mass is 32.2. The largest absolute Gasteiger partial charge is 0.507 e. The van der Waals surface area contributed by atoms with Gasteiger partial charge in [-0.1, -0.05) is 18.7 Å². The van der Waals surface area contributed by atoms with Crippen LogP contribution in [0.15, 0.2) is 24.8 Å². The first-order valence-electron chi connectivity index (χ1n) is 6.15. The van der Waals surface area contributed by atoms with Crippen molar-refractivity contribution in [2.75, 3.05) is 19.3 Å². The zero-order chi connectivity index (χ0) is 13.0. The van der Waals surface area contributed by atoms with Crippen LogP contribution in [-0.2, 0) is 4.28 Å². The van der Waals surface area contributed by atoms with E-state index in [0.29, 0.717) is 11.7 Å². The van der Waals surface area contributed by atoms with Gasteiger partial charge in [-0.05, 0) is 36.5 Å². The first-order chi connectivity index (χ1) is 8.74. The summed E-state index contributed by atoms with van der Waals surface area (Å²) < 4.78 is 5.42. The van der Waals surface area contributed by atoms with Gasteiger partial charge in [0, 0.05) is 37.0 Å². The van der Waals surface area contributed by atoms with E-state index in [9.17, 15) is 5.11 Å². The lowest BCUT2D eigenvalue weighted by Crippen LogP contribution is -2.31. The van der Waals surface area contributed by atoms with Crippen molar-refractivity contribution in [3.63, 3.8) is 0 Å². The topological polar surface area (TPSA) is 32.7 Å². The molecule has 0 radical (unpaired) electrons. The van der Waals surface area contributed by atoms with Gasteiger partial charge < -0.3 is 5.11 Å². The number of aromatic hydroxyl groups is 1. The Bertz CT molecular complexity index is 414. The number of benzene rings is 1. The van der Waals surface area contributed by atoms with Crippen LogP contribution in [0, 0.1) is 0 Å². The third-order valence-corrected chi connectivity index (χ3v) is 3.74. The van der Waals surface area contributed by atoms with Gasteiger partial charge in [0.05, 0.1) is 0 Å². The predicted octanol–water partition coefficient (Wildman–Crippen LogP) is 3.42. The van der Waals surface area contributed by atoms with E-state index in [1.54, 1.807) is 12.1 Å². The Morgan fingerprint density at radius 3 is 2.78 bits per heavy atom. The highest BCUT2D eigenvalue weighted by molar-refractivity contribution is 7.93. The number of nitrogens with zero attached hydrogens (tertiary/aromatic N) is 1. The van der Waals surface area contributed by atoms with Crippen LogP contribution in [0.2, 0.25) is 0 Å². The van der Waals surface area contributed by atoms with Crippen LogP contribution in [0.5, 0.6) is 5.75 Å². The van der Waals surface area contributed by atoms with Crippen molar-refractivity contribution in [3.8, 4) is 5.75 Å². The summed E-state index contributed by atoms with van der Waals surface area (Å²) in [5, 5.41) is 11.7. The molecule has 2 rings (SSSR count). The molecule has 1 N–H and O–H groups in total. The lowest BCUT2D eigenvalue weighted by atomic mass is 9.89. The van der Waals surface area contributed by atoms with Crippen molar-refractivity contribution in [1.82, 2.24) is 5.06 Å². The molecule has 0 saturated carbocycles. The zero-order valence-corrected chi connectivity index (χ0v) is 11.4. The molecule has 0 bridgehead atoms. The third kappa shape index (κ3) is 3.07. The average Bonchev–Trinajstić information content (AvgIpc) is 2.41. The Hall–Kier alpha value is -0.970. The van der Waals surface area contributed by atoms with Crippen LogP contribution >= 0.6 is 12.0 Å². The van der Waals surface area contributed by atoms with Gasteiger partial charge in [-0.25, -0.2) is 4.28 Å². The summed E-state index contributed by atoms with van der Waals surface area (Å²) in [4.78, 5) is 0. The average molecular weight is 265 g/mol.